The molecule has 8 heteroatoms. The Bertz CT molecular complexity index is 719. The molecular formula is C16H18N2O4S2. The van der Waals surface area contributed by atoms with Crippen LogP contribution in [0.25, 0.3) is 10.6 Å². The van der Waals surface area contributed by atoms with Crippen LogP contribution < -0.4 is 5.32 Å². The van der Waals surface area contributed by atoms with Crippen molar-refractivity contribution < 1.29 is 19.1 Å². The maximum atomic E-state index is 12.3. The predicted molar refractivity (Wildman–Crippen MR) is 92.7 cm³/mol. The van der Waals surface area contributed by atoms with Crippen molar-refractivity contribution in [2.24, 2.45) is 0 Å². The van der Waals surface area contributed by atoms with Gasteiger partial charge in [-0.05, 0) is 25.8 Å². The van der Waals surface area contributed by atoms with Crippen molar-refractivity contribution in [3.63, 3.8) is 0 Å². The Kier molecular flexibility index (Phi) is 5.60. The number of nitrogens with zero attached hydrogens (tertiary/aromatic N) is 1. The molecule has 6 nitrogen and oxygen atoms in total. The van der Waals surface area contributed by atoms with E-state index in [-0.39, 0.29) is 17.9 Å². The number of thiophene rings is 1. The molecule has 0 spiro atoms. The molecule has 1 amide bonds. The van der Waals surface area contributed by atoms with Gasteiger partial charge in [0.15, 0.2) is 0 Å². The van der Waals surface area contributed by atoms with Gasteiger partial charge in [0.25, 0.3) is 5.91 Å². The molecule has 1 aliphatic rings. The SMILES string of the molecule is CCOC(=O)c1cnc(-c2csc(C(=O)NC3CCOCC3)c2)s1. The zero-order chi connectivity index (χ0) is 16.9. The molecule has 0 bridgehead atoms. The number of hydrogen-bond acceptors (Lipinski definition) is 7. The second-order valence-electron chi connectivity index (χ2n) is 5.31. The van der Waals surface area contributed by atoms with Gasteiger partial charge in [-0.15, -0.1) is 22.7 Å². The lowest BCUT2D eigenvalue weighted by molar-refractivity contribution is 0.0531. The fraction of sp³-hybridized carbons (Fsp3) is 0.438. The predicted octanol–water partition coefficient (Wildman–Crippen LogP) is 2.96. The summed E-state index contributed by atoms with van der Waals surface area (Å²) in [5, 5.41) is 5.63. The van der Waals surface area contributed by atoms with Gasteiger partial charge in [0.1, 0.15) is 9.88 Å². The molecule has 0 aliphatic carbocycles. The smallest absolute Gasteiger partial charge is 0.349 e. The van der Waals surface area contributed by atoms with Crippen molar-refractivity contribution >= 4 is 34.6 Å². The Balaban J connectivity index is 1.66. The molecule has 0 saturated carbocycles. The Morgan fingerprint density at radius 1 is 1.38 bits per heavy atom. The van der Waals surface area contributed by atoms with Crippen LogP contribution in [0.15, 0.2) is 17.6 Å². The number of rotatable bonds is 5. The summed E-state index contributed by atoms with van der Waals surface area (Å²) in [5.41, 5.74) is 0.845. The highest BCUT2D eigenvalue weighted by Crippen LogP contribution is 2.29. The zero-order valence-electron chi connectivity index (χ0n) is 13.2. The average molecular weight is 366 g/mol. The summed E-state index contributed by atoms with van der Waals surface area (Å²) in [5.74, 6) is -0.436. The molecule has 0 atom stereocenters. The van der Waals surface area contributed by atoms with Crippen LogP contribution >= 0.6 is 22.7 Å². The lowest BCUT2D eigenvalue weighted by Gasteiger charge is -2.22. The standard InChI is InChI=1S/C16H18N2O4S2/c1-2-22-16(20)13-8-17-15(24-13)10-7-12(23-9-10)14(19)18-11-3-5-21-6-4-11/h7-9,11H,2-6H2,1H3,(H,18,19). The molecule has 1 saturated heterocycles. The van der Waals surface area contributed by atoms with Gasteiger partial charge in [0.05, 0.1) is 17.7 Å². The van der Waals surface area contributed by atoms with Crippen molar-refractivity contribution in [2.75, 3.05) is 19.8 Å². The van der Waals surface area contributed by atoms with Crippen molar-refractivity contribution in [2.45, 2.75) is 25.8 Å². The number of hydrogen-bond donors (Lipinski definition) is 1. The molecule has 3 heterocycles. The summed E-state index contributed by atoms with van der Waals surface area (Å²) in [6.45, 7) is 3.48. The molecule has 2 aromatic heterocycles. The number of carbonyl (C=O) groups excluding carboxylic acids is 2. The normalized spacial score (nSPS) is 15.2. The lowest BCUT2D eigenvalue weighted by atomic mass is 10.1. The third-order valence-electron chi connectivity index (χ3n) is 3.61. The monoisotopic (exact) mass is 366 g/mol. The second-order valence-corrected chi connectivity index (χ2v) is 7.25. The van der Waals surface area contributed by atoms with E-state index in [1.165, 1.54) is 28.9 Å². The van der Waals surface area contributed by atoms with Gasteiger partial charge in [-0.3, -0.25) is 4.79 Å². The lowest BCUT2D eigenvalue weighted by Crippen LogP contribution is -2.38. The van der Waals surface area contributed by atoms with Crippen molar-refractivity contribution in [3.05, 3.63) is 27.4 Å². The molecule has 0 radical (unpaired) electrons. The summed E-state index contributed by atoms with van der Waals surface area (Å²) in [6, 6.07) is 1.99. The van der Waals surface area contributed by atoms with E-state index in [1.807, 2.05) is 11.4 Å². The first kappa shape index (κ1) is 17.1. The third-order valence-corrected chi connectivity index (χ3v) is 5.56. The highest BCUT2D eigenvalue weighted by Gasteiger charge is 2.19. The molecule has 0 unspecified atom stereocenters. The Hall–Kier alpha value is -1.77. The van der Waals surface area contributed by atoms with Crippen LogP contribution in [0.3, 0.4) is 0 Å². The maximum absolute atomic E-state index is 12.3. The molecule has 0 aromatic carbocycles. The van der Waals surface area contributed by atoms with Gasteiger partial charge >= 0.3 is 5.97 Å². The fourth-order valence-corrected chi connectivity index (χ4v) is 4.04. The molecule has 2 aromatic rings. The minimum atomic E-state index is -0.367. The van der Waals surface area contributed by atoms with E-state index in [9.17, 15) is 9.59 Å². The van der Waals surface area contributed by atoms with E-state index in [0.717, 1.165) is 18.4 Å². The van der Waals surface area contributed by atoms with Crippen LogP contribution in [-0.4, -0.2) is 42.7 Å². The number of carbonyl (C=O) groups is 2. The second kappa shape index (κ2) is 7.87. The Morgan fingerprint density at radius 3 is 2.92 bits per heavy atom. The summed E-state index contributed by atoms with van der Waals surface area (Å²) in [6.07, 6.45) is 3.20. The van der Waals surface area contributed by atoms with Gasteiger partial charge < -0.3 is 14.8 Å². The first-order valence-electron chi connectivity index (χ1n) is 7.78. The van der Waals surface area contributed by atoms with E-state index in [1.54, 1.807) is 6.92 Å². The van der Waals surface area contributed by atoms with E-state index >= 15 is 0 Å². The number of aromatic nitrogens is 1. The van der Waals surface area contributed by atoms with Crippen LogP contribution in [0, 0.1) is 0 Å². The van der Waals surface area contributed by atoms with Crippen molar-refractivity contribution in [1.29, 1.82) is 0 Å². The molecule has 1 fully saturated rings. The van der Waals surface area contributed by atoms with Gasteiger partial charge in [-0.2, -0.15) is 0 Å². The van der Waals surface area contributed by atoms with Crippen LogP contribution in [-0.2, 0) is 9.47 Å². The topological polar surface area (TPSA) is 77.5 Å². The van der Waals surface area contributed by atoms with E-state index in [2.05, 4.69) is 10.3 Å². The zero-order valence-corrected chi connectivity index (χ0v) is 14.9. The fourth-order valence-electron chi connectivity index (χ4n) is 2.37. The Labute approximate surface area is 147 Å². The minimum Gasteiger partial charge on any atom is -0.462 e. The first-order chi connectivity index (χ1) is 11.7. The number of esters is 1. The molecule has 128 valence electrons. The average Bonchev–Trinajstić information content (AvgIpc) is 3.25. The summed E-state index contributed by atoms with van der Waals surface area (Å²) >= 11 is 2.64. The summed E-state index contributed by atoms with van der Waals surface area (Å²) in [4.78, 5) is 29.4. The van der Waals surface area contributed by atoms with Gasteiger partial charge in [0.2, 0.25) is 0 Å². The van der Waals surface area contributed by atoms with Crippen LogP contribution in [0.1, 0.15) is 39.1 Å². The number of amides is 1. The number of thiazole rings is 1. The quantitative estimate of drug-likeness (QED) is 0.823. The van der Waals surface area contributed by atoms with E-state index in [4.69, 9.17) is 9.47 Å². The first-order valence-corrected chi connectivity index (χ1v) is 9.47. The number of nitrogens with one attached hydrogen (secondary N) is 1. The summed E-state index contributed by atoms with van der Waals surface area (Å²) < 4.78 is 10.3. The highest BCUT2D eigenvalue weighted by molar-refractivity contribution is 7.17. The minimum absolute atomic E-state index is 0.0691. The molecule has 24 heavy (non-hydrogen) atoms. The van der Waals surface area contributed by atoms with Crippen molar-refractivity contribution in [3.8, 4) is 10.6 Å². The van der Waals surface area contributed by atoms with Gasteiger partial charge in [-0.25, -0.2) is 9.78 Å². The largest absolute Gasteiger partial charge is 0.462 e. The highest BCUT2D eigenvalue weighted by atomic mass is 32.1. The molecule has 3 rings (SSSR count). The van der Waals surface area contributed by atoms with E-state index < -0.39 is 0 Å². The van der Waals surface area contributed by atoms with Crippen LogP contribution in [0.5, 0.6) is 0 Å². The van der Waals surface area contributed by atoms with Crippen LogP contribution in [0.2, 0.25) is 0 Å². The molecular weight excluding hydrogens is 348 g/mol. The summed E-state index contributed by atoms with van der Waals surface area (Å²) in [7, 11) is 0. The maximum Gasteiger partial charge on any atom is 0.349 e. The van der Waals surface area contributed by atoms with E-state index in [0.29, 0.717) is 34.6 Å². The molecule has 1 aliphatic heterocycles. The third kappa shape index (κ3) is 4.00. The van der Waals surface area contributed by atoms with Gasteiger partial charge in [-0.1, -0.05) is 0 Å². The van der Waals surface area contributed by atoms with Gasteiger partial charge in [0, 0.05) is 30.2 Å². The molecule has 1 N–H and O–H groups in total. The van der Waals surface area contributed by atoms with Crippen molar-refractivity contribution in [1.82, 2.24) is 10.3 Å². The Morgan fingerprint density at radius 2 is 2.17 bits per heavy atom. The number of ether oxygens (including phenoxy) is 2. The van der Waals surface area contributed by atoms with Crippen LogP contribution in [0.4, 0.5) is 0 Å².